The van der Waals surface area contributed by atoms with E-state index in [-0.39, 0.29) is 17.8 Å². The number of aliphatic hydroxyl groups excluding tert-OH is 1. The fourth-order valence-corrected chi connectivity index (χ4v) is 5.38. The Morgan fingerprint density at radius 1 is 1.18 bits per heavy atom. The highest BCUT2D eigenvalue weighted by Gasteiger charge is 2.46. The largest absolute Gasteiger partial charge is 0.478 e. The van der Waals surface area contributed by atoms with Gasteiger partial charge in [-0.3, -0.25) is 4.90 Å². The summed E-state index contributed by atoms with van der Waals surface area (Å²) >= 11 is 12.9. The normalized spacial score (nSPS) is 24.0. The Bertz CT molecular complexity index is 965. The van der Waals surface area contributed by atoms with Gasteiger partial charge in [0.1, 0.15) is 0 Å². The van der Waals surface area contributed by atoms with Crippen LogP contribution in [0.1, 0.15) is 56.6 Å². The molecule has 1 spiro atoms. The minimum Gasteiger partial charge on any atom is -0.478 e. The number of hydrogen-bond acceptors (Lipinski definition) is 5. The molecule has 8 heteroatoms. The average Bonchev–Trinajstić information content (AvgIpc) is 3.56. The minimum absolute atomic E-state index is 0.109. The third kappa shape index (κ3) is 5.57. The summed E-state index contributed by atoms with van der Waals surface area (Å²) in [4.78, 5) is 15.5. The van der Waals surface area contributed by atoms with Crippen molar-refractivity contribution in [3.63, 3.8) is 0 Å². The maximum Gasteiger partial charge on any atom is 0.331 e. The molecule has 2 heterocycles. The van der Waals surface area contributed by atoms with E-state index in [0.717, 1.165) is 53.8 Å². The number of carboxylic acids is 1. The molecule has 0 radical (unpaired) electrons. The van der Waals surface area contributed by atoms with Gasteiger partial charge in [0.25, 0.3) is 0 Å². The van der Waals surface area contributed by atoms with Gasteiger partial charge in [-0.15, -0.1) is 0 Å². The van der Waals surface area contributed by atoms with Crippen LogP contribution in [0.4, 0.5) is 0 Å². The lowest BCUT2D eigenvalue weighted by atomic mass is 9.91. The van der Waals surface area contributed by atoms with Gasteiger partial charge in [0.2, 0.25) is 0 Å². The van der Waals surface area contributed by atoms with Crippen molar-refractivity contribution in [2.75, 3.05) is 26.2 Å². The first-order valence-corrected chi connectivity index (χ1v) is 12.3. The molecule has 2 saturated heterocycles. The number of benzene rings is 1. The summed E-state index contributed by atoms with van der Waals surface area (Å²) in [5.41, 5.74) is 3.19. The van der Waals surface area contributed by atoms with Gasteiger partial charge in [-0.05, 0) is 68.7 Å². The molecule has 33 heavy (non-hydrogen) atoms. The second-order valence-electron chi connectivity index (χ2n) is 9.54. The minimum atomic E-state index is -0.940. The van der Waals surface area contributed by atoms with Gasteiger partial charge in [-0.2, -0.15) is 0 Å². The first-order valence-electron chi connectivity index (χ1n) is 11.6. The van der Waals surface area contributed by atoms with Crippen molar-refractivity contribution in [3.05, 3.63) is 56.7 Å². The van der Waals surface area contributed by atoms with E-state index in [0.29, 0.717) is 12.5 Å². The second kappa shape index (κ2) is 9.96. The third-order valence-corrected chi connectivity index (χ3v) is 7.74. The number of nitrogens with zero attached hydrogens (tertiary/aromatic N) is 2. The Kier molecular flexibility index (Phi) is 7.41. The zero-order valence-electron chi connectivity index (χ0n) is 19.2. The van der Waals surface area contributed by atoms with Gasteiger partial charge >= 0.3 is 5.97 Å². The van der Waals surface area contributed by atoms with Gasteiger partial charge in [0.15, 0.2) is 6.23 Å². The van der Waals surface area contributed by atoms with E-state index in [1.807, 2.05) is 17.9 Å². The van der Waals surface area contributed by atoms with Crippen molar-refractivity contribution in [3.8, 4) is 0 Å². The first kappa shape index (κ1) is 24.6. The number of piperidine rings is 1. The average molecular weight is 495 g/mol. The number of hydrogen-bond donors (Lipinski definition) is 2. The molecule has 1 aromatic carbocycles. The lowest BCUT2D eigenvalue weighted by molar-refractivity contribution is -0.132. The van der Waals surface area contributed by atoms with Crippen molar-refractivity contribution in [1.82, 2.24) is 9.80 Å². The Morgan fingerprint density at radius 3 is 2.48 bits per heavy atom. The second-order valence-corrected chi connectivity index (χ2v) is 10.4. The van der Waals surface area contributed by atoms with Crippen LogP contribution in [-0.2, 0) is 16.1 Å². The molecule has 3 aliphatic rings. The van der Waals surface area contributed by atoms with Crippen LogP contribution in [0.2, 0.25) is 10.0 Å². The topological polar surface area (TPSA) is 73.2 Å². The van der Waals surface area contributed by atoms with Crippen LogP contribution >= 0.6 is 23.2 Å². The summed E-state index contributed by atoms with van der Waals surface area (Å²) < 4.78 is 6.35. The van der Waals surface area contributed by atoms with Crippen LogP contribution < -0.4 is 0 Å². The smallest absolute Gasteiger partial charge is 0.331 e. The van der Waals surface area contributed by atoms with Crippen LogP contribution in [0.5, 0.6) is 0 Å². The van der Waals surface area contributed by atoms with E-state index in [2.05, 4.69) is 11.0 Å². The molecule has 1 aromatic rings. The van der Waals surface area contributed by atoms with E-state index in [1.165, 1.54) is 18.4 Å². The molecular formula is C25H32Cl2N2O4. The molecule has 1 saturated carbocycles. The number of halogens is 2. The predicted octanol–water partition coefficient (Wildman–Crippen LogP) is 4.79. The van der Waals surface area contributed by atoms with E-state index < -0.39 is 12.2 Å². The summed E-state index contributed by atoms with van der Waals surface area (Å²) in [6, 6.07) is 4.07. The van der Waals surface area contributed by atoms with Crippen LogP contribution in [0.3, 0.4) is 0 Å². The molecule has 2 aliphatic heterocycles. The number of likely N-dealkylation sites (tertiary alicyclic amines) is 1. The van der Waals surface area contributed by atoms with Crippen molar-refractivity contribution < 1.29 is 19.7 Å². The molecule has 180 valence electrons. The lowest BCUT2D eigenvalue weighted by Crippen LogP contribution is -2.46. The van der Waals surface area contributed by atoms with Crippen molar-refractivity contribution in [2.45, 2.75) is 63.8 Å². The molecule has 1 unspecified atom stereocenters. The standard InChI is InChI=1S/C25H32Cl2N2O4/c1-16(24(31)32)3-4-17(2)29-15-25(33-23(29)14-30)7-9-28(10-8-25)13-19-11-20(18-5-6-18)22(27)12-21(19)26/h3-4,11-12,18,23,30H,5-10,13-15H2,1-2H3,(H,31,32). The van der Waals surface area contributed by atoms with Gasteiger partial charge in [0.05, 0.1) is 12.2 Å². The summed E-state index contributed by atoms with van der Waals surface area (Å²) in [5, 5.41) is 20.5. The van der Waals surface area contributed by atoms with Crippen molar-refractivity contribution in [1.29, 1.82) is 0 Å². The molecule has 0 aromatic heterocycles. The number of aliphatic carboxylic acids is 1. The summed E-state index contributed by atoms with van der Waals surface area (Å²) in [7, 11) is 0. The van der Waals surface area contributed by atoms with Gasteiger partial charge in [0, 0.05) is 47.5 Å². The van der Waals surface area contributed by atoms with E-state index >= 15 is 0 Å². The molecule has 3 fully saturated rings. The Hall–Kier alpha value is -1.57. The number of carbonyl (C=O) groups is 1. The zero-order chi connectivity index (χ0) is 23.8. The summed E-state index contributed by atoms with van der Waals surface area (Å²) in [6.07, 6.45) is 7.07. The molecule has 2 N–H and O–H groups in total. The number of carboxylic acid groups (broad SMARTS) is 1. The molecule has 4 rings (SSSR count). The van der Waals surface area contributed by atoms with Gasteiger partial charge < -0.3 is 19.8 Å². The molecule has 6 nitrogen and oxygen atoms in total. The number of allylic oxidation sites excluding steroid dienone is 3. The van der Waals surface area contributed by atoms with Crippen LogP contribution in [0.15, 0.2) is 35.6 Å². The quantitative estimate of drug-likeness (QED) is 0.419. The van der Waals surface area contributed by atoms with Crippen molar-refractivity contribution >= 4 is 29.2 Å². The molecular weight excluding hydrogens is 463 g/mol. The van der Waals surface area contributed by atoms with Crippen LogP contribution in [0.25, 0.3) is 0 Å². The highest BCUT2D eigenvalue weighted by molar-refractivity contribution is 6.35. The van der Waals surface area contributed by atoms with Crippen LogP contribution in [0, 0.1) is 0 Å². The summed E-state index contributed by atoms with van der Waals surface area (Å²) in [6.45, 7) is 6.61. The molecule has 0 bridgehead atoms. The van der Waals surface area contributed by atoms with E-state index in [1.54, 1.807) is 19.1 Å². The third-order valence-electron chi connectivity index (χ3n) is 7.06. The van der Waals surface area contributed by atoms with Crippen LogP contribution in [-0.4, -0.2) is 64.1 Å². The predicted molar refractivity (Wildman–Crippen MR) is 129 cm³/mol. The Labute approximate surface area is 205 Å². The monoisotopic (exact) mass is 494 g/mol. The highest BCUT2D eigenvalue weighted by atomic mass is 35.5. The Morgan fingerprint density at radius 2 is 1.88 bits per heavy atom. The highest BCUT2D eigenvalue weighted by Crippen LogP contribution is 2.45. The fourth-order valence-electron chi connectivity index (χ4n) is 4.78. The summed E-state index contributed by atoms with van der Waals surface area (Å²) in [5.74, 6) is -0.360. The maximum atomic E-state index is 11.1. The number of rotatable bonds is 7. The SMILES string of the molecule is CC(=CC=C(C)N1CC2(CCN(Cc3cc(C4CC4)c(Cl)cc3Cl)CC2)OC1CO)C(=O)O. The number of aliphatic hydroxyl groups is 1. The number of ether oxygens (including phenoxy) is 1. The van der Waals surface area contributed by atoms with Gasteiger partial charge in [-0.25, -0.2) is 4.79 Å². The molecule has 1 aliphatic carbocycles. The fraction of sp³-hybridized carbons (Fsp3) is 0.560. The van der Waals surface area contributed by atoms with Crippen molar-refractivity contribution in [2.24, 2.45) is 0 Å². The first-order chi connectivity index (χ1) is 15.7. The zero-order valence-corrected chi connectivity index (χ0v) is 20.7. The Balaban J connectivity index is 1.40. The van der Waals surface area contributed by atoms with Gasteiger partial charge in [-0.1, -0.05) is 35.3 Å². The lowest BCUT2D eigenvalue weighted by Gasteiger charge is -2.38. The molecule has 0 amide bonds. The maximum absolute atomic E-state index is 11.1. The van der Waals surface area contributed by atoms with E-state index in [4.69, 9.17) is 33.0 Å². The van der Waals surface area contributed by atoms with E-state index in [9.17, 15) is 9.90 Å². The molecule has 1 atom stereocenters.